The lowest BCUT2D eigenvalue weighted by Crippen LogP contribution is -2.28. The van der Waals surface area contributed by atoms with Gasteiger partial charge in [-0.2, -0.15) is 0 Å². The van der Waals surface area contributed by atoms with Gasteiger partial charge in [0.1, 0.15) is 0 Å². The molecule has 1 atom stereocenters. The molecule has 13 heavy (non-hydrogen) atoms. The molecule has 1 saturated carbocycles. The lowest BCUT2D eigenvalue weighted by Gasteiger charge is -2.41. The van der Waals surface area contributed by atoms with Crippen molar-refractivity contribution in [2.75, 3.05) is 0 Å². The first-order valence-corrected chi connectivity index (χ1v) is 5.47. The summed E-state index contributed by atoms with van der Waals surface area (Å²) in [6.07, 6.45) is 12.2. The molecule has 0 bridgehead atoms. The van der Waals surface area contributed by atoms with E-state index < -0.39 is 0 Å². The molecular weight excluding hydrogens is 156 g/mol. The third-order valence-electron chi connectivity index (χ3n) is 3.40. The summed E-state index contributed by atoms with van der Waals surface area (Å²) in [7, 11) is 0. The highest BCUT2D eigenvalue weighted by Crippen LogP contribution is 2.47. The van der Waals surface area contributed by atoms with E-state index in [4.69, 9.17) is 0 Å². The Bertz CT molecular complexity index is 174. The van der Waals surface area contributed by atoms with Crippen LogP contribution in [0.5, 0.6) is 0 Å². The zero-order valence-corrected chi connectivity index (χ0v) is 8.89. The van der Waals surface area contributed by atoms with Crippen molar-refractivity contribution in [1.82, 2.24) is 0 Å². The number of rotatable bonds is 6. The molecule has 0 heteroatoms. The molecule has 1 fully saturated rings. The monoisotopic (exact) mass is 178 g/mol. The summed E-state index contributed by atoms with van der Waals surface area (Å²) in [5.74, 6) is 0.830. The lowest BCUT2D eigenvalue weighted by molar-refractivity contribution is 0.156. The minimum absolute atomic E-state index is 0.514. The fraction of sp³-hybridized carbons (Fsp3) is 0.692. The zero-order valence-electron chi connectivity index (χ0n) is 8.89. The number of allylic oxidation sites excluding steroid dienone is 2. The van der Waals surface area contributed by atoms with Crippen LogP contribution in [0.2, 0.25) is 0 Å². The molecule has 0 radical (unpaired) electrons. The van der Waals surface area contributed by atoms with Gasteiger partial charge in [-0.3, -0.25) is 0 Å². The fourth-order valence-corrected chi connectivity index (χ4v) is 2.32. The van der Waals surface area contributed by atoms with Crippen molar-refractivity contribution in [2.24, 2.45) is 11.3 Å². The summed E-state index contributed by atoms with van der Waals surface area (Å²) in [6, 6.07) is 0. The van der Waals surface area contributed by atoms with Crippen LogP contribution in [-0.2, 0) is 0 Å². The van der Waals surface area contributed by atoms with E-state index in [1.165, 1.54) is 32.1 Å². The van der Waals surface area contributed by atoms with Crippen molar-refractivity contribution in [2.45, 2.75) is 45.4 Å². The Morgan fingerprint density at radius 3 is 2.46 bits per heavy atom. The Kier molecular flexibility index (Phi) is 3.77. The molecule has 0 nitrogen and oxygen atoms in total. The van der Waals surface area contributed by atoms with Gasteiger partial charge >= 0.3 is 0 Å². The summed E-state index contributed by atoms with van der Waals surface area (Å²) in [5.41, 5.74) is 0.514. The van der Waals surface area contributed by atoms with Crippen molar-refractivity contribution in [3.8, 4) is 0 Å². The molecule has 0 aromatic rings. The highest BCUT2D eigenvalue weighted by atomic mass is 14.4. The Morgan fingerprint density at radius 1 is 1.38 bits per heavy atom. The molecule has 1 rings (SSSR count). The van der Waals surface area contributed by atoms with Gasteiger partial charge in [-0.1, -0.05) is 25.5 Å². The van der Waals surface area contributed by atoms with Crippen LogP contribution in [0.4, 0.5) is 0 Å². The summed E-state index contributed by atoms with van der Waals surface area (Å²) in [4.78, 5) is 0. The third-order valence-corrected chi connectivity index (χ3v) is 3.40. The molecule has 74 valence electrons. The maximum Gasteiger partial charge on any atom is -0.0118 e. The van der Waals surface area contributed by atoms with E-state index in [-0.39, 0.29) is 0 Å². The van der Waals surface area contributed by atoms with Gasteiger partial charge in [-0.15, -0.1) is 13.2 Å². The zero-order chi connectivity index (χ0) is 9.73. The van der Waals surface area contributed by atoms with Crippen LogP contribution in [0.3, 0.4) is 0 Å². The molecular formula is C13H22. The maximum absolute atomic E-state index is 3.97. The Hall–Kier alpha value is -0.520. The van der Waals surface area contributed by atoms with Gasteiger partial charge in [0.25, 0.3) is 0 Å². The highest BCUT2D eigenvalue weighted by molar-refractivity contribution is 5.01. The first kappa shape index (κ1) is 10.6. The van der Waals surface area contributed by atoms with Crippen LogP contribution in [0.15, 0.2) is 25.3 Å². The molecule has 0 aromatic carbocycles. The molecule has 1 aliphatic rings. The minimum atomic E-state index is 0.514. The Balaban J connectivity index is 2.28. The average Bonchev–Trinajstić information content (AvgIpc) is 2.08. The van der Waals surface area contributed by atoms with Crippen LogP contribution in [0.25, 0.3) is 0 Å². The predicted molar refractivity (Wildman–Crippen MR) is 59.7 cm³/mol. The molecule has 0 saturated heterocycles. The van der Waals surface area contributed by atoms with Crippen LogP contribution in [0.1, 0.15) is 45.4 Å². The third kappa shape index (κ3) is 2.72. The first-order chi connectivity index (χ1) is 6.22. The second-order valence-corrected chi connectivity index (χ2v) is 4.60. The normalized spacial score (nSPS) is 21.6. The van der Waals surface area contributed by atoms with Crippen molar-refractivity contribution in [3.05, 3.63) is 25.3 Å². The molecule has 0 N–H and O–H groups in total. The molecule has 0 aliphatic heterocycles. The van der Waals surface area contributed by atoms with E-state index in [0.717, 1.165) is 12.3 Å². The van der Waals surface area contributed by atoms with E-state index in [9.17, 15) is 0 Å². The van der Waals surface area contributed by atoms with Crippen molar-refractivity contribution in [1.29, 1.82) is 0 Å². The van der Waals surface area contributed by atoms with E-state index in [0.29, 0.717) is 5.41 Å². The van der Waals surface area contributed by atoms with Crippen molar-refractivity contribution < 1.29 is 0 Å². The summed E-state index contributed by atoms with van der Waals surface area (Å²) < 4.78 is 0. The summed E-state index contributed by atoms with van der Waals surface area (Å²) >= 11 is 0. The number of hydrogen-bond acceptors (Lipinski definition) is 0. The van der Waals surface area contributed by atoms with Crippen LogP contribution in [0, 0.1) is 11.3 Å². The van der Waals surface area contributed by atoms with Crippen LogP contribution in [-0.4, -0.2) is 0 Å². The van der Waals surface area contributed by atoms with Gasteiger partial charge in [0.15, 0.2) is 0 Å². The van der Waals surface area contributed by atoms with Gasteiger partial charge in [0.05, 0.1) is 0 Å². The Labute approximate surface area is 82.7 Å². The molecule has 1 aliphatic carbocycles. The molecule has 0 heterocycles. The van der Waals surface area contributed by atoms with Gasteiger partial charge in [0.2, 0.25) is 0 Å². The van der Waals surface area contributed by atoms with E-state index in [2.05, 4.69) is 26.2 Å². The fourth-order valence-electron chi connectivity index (χ4n) is 2.32. The van der Waals surface area contributed by atoms with Gasteiger partial charge in [-0.05, 0) is 43.4 Å². The minimum Gasteiger partial charge on any atom is -0.103 e. The first-order valence-electron chi connectivity index (χ1n) is 5.47. The SMILES string of the molecule is C=CCCC(C)CC1(C=C)CCC1. The quantitative estimate of drug-likeness (QED) is 0.531. The standard InChI is InChI=1S/C13H22/c1-4-6-8-12(3)11-13(5-2)9-7-10-13/h4-5,12H,1-2,6-11H2,3H3. The van der Waals surface area contributed by atoms with Crippen LogP contribution < -0.4 is 0 Å². The van der Waals surface area contributed by atoms with E-state index in [1.807, 2.05) is 6.08 Å². The van der Waals surface area contributed by atoms with E-state index >= 15 is 0 Å². The van der Waals surface area contributed by atoms with Crippen molar-refractivity contribution in [3.63, 3.8) is 0 Å². The van der Waals surface area contributed by atoms with E-state index in [1.54, 1.807) is 0 Å². The predicted octanol–water partition coefficient (Wildman–Crippen LogP) is 4.34. The average molecular weight is 178 g/mol. The topological polar surface area (TPSA) is 0 Å². The molecule has 0 spiro atoms. The second-order valence-electron chi connectivity index (χ2n) is 4.60. The molecule has 1 unspecified atom stereocenters. The largest absolute Gasteiger partial charge is 0.103 e. The summed E-state index contributed by atoms with van der Waals surface area (Å²) in [6.45, 7) is 10.1. The smallest absolute Gasteiger partial charge is 0.0118 e. The second kappa shape index (κ2) is 4.64. The summed E-state index contributed by atoms with van der Waals surface area (Å²) in [5, 5.41) is 0. The van der Waals surface area contributed by atoms with Crippen LogP contribution >= 0.6 is 0 Å². The molecule has 0 aromatic heterocycles. The maximum atomic E-state index is 3.97. The Morgan fingerprint density at radius 2 is 2.08 bits per heavy atom. The number of hydrogen-bond donors (Lipinski definition) is 0. The molecule has 0 amide bonds. The van der Waals surface area contributed by atoms with Gasteiger partial charge in [-0.25, -0.2) is 0 Å². The lowest BCUT2D eigenvalue weighted by atomic mass is 9.64. The van der Waals surface area contributed by atoms with Gasteiger partial charge < -0.3 is 0 Å². The van der Waals surface area contributed by atoms with Gasteiger partial charge in [0, 0.05) is 0 Å². The highest BCUT2D eigenvalue weighted by Gasteiger charge is 2.34. The van der Waals surface area contributed by atoms with Crippen molar-refractivity contribution >= 4 is 0 Å².